The Kier molecular flexibility index (Phi) is 1.84. The first-order valence-electron chi connectivity index (χ1n) is 4.13. The minimum atomic E-state index is 1.07. The van der Waals surface area contributed by atoms with Gasteiger partial charge in [-0.3, -0.25) is 0 Å². The molecule has 1 aliphatic carbocycles. The van der Waals surface area contributed by atoms with Gasteiger partial charge in [-0.2, -0.15) is 0 Å². The summed E-state index contributed by atoms with van der Waals surface area (Å²) in [7, 11) is 0. The first-order chi connectivity index (χ1) is 5.68. The van der Waals surface area contributed by atoms with E-state index in [1.165, 1.54) is 26.7 Å². The summed E-state index contributed by atoms with van der Waals surface area (Å²) in [5.74, 6) is 0. The highest BCUT2D eigenvalue weighted by Crippen LogP contribution is 2.31. The molecule has 0 amide bonds. The summed E-state index contributed by atoms with van der Waals surface area (Å²) in [6, 6.07) is 4.43. The lowest BCUT2D eigenvalue weighted by atomic mass is 10.0. The Morgan fingerprint density at radius 1 is 1.25 bits per heavy atom. The van der Waals surface area contributed by atoms with Gasteiger partial charge in [0.25, 0.3) is 0 Å². The summed E-state index contributed by atoms with van der Waals surface area (Å²) >= 11 is 3.54. The number of hydrogen-bond acceptors (Lipinski definition) is 0. The lowest BCUT2D eigenvalue weighted by Crippen LogP contribution is -1.88. The molecular weight excluding hydrogens is 212 g/mol. The monoisotopic (exact) mass is 222 g/mol. The van der Waals surface area contributed by atoms with Crippen molar-refractivity contribution in [3.63, 3.8) is 0 Å². The van der Waals surface area contributed by atoms with Gasteiger partial charge in [-0.1, -0.05) is 28.1 Å². The summed E-state index contributed by atoms with van der Waals surface area (Å²) in [6.45, 7) is 4.35. The average Bonchev–Trinajstić information content (AvgIpc) is 2.39. The summed E-state index contributed by atoms with van der Waals surface area (Å²) < 4.78 is 1.30. The highest BCUT2D eigenvalue weighted by atomic mass is 79.9. The van der Waals surface area contributed by atoms with Crippen molar-refractivity contribution in [3.05, 3.63) is 38.9 Å². The summed E-state index contributed by atoms with van der Waals surface area (Å²) in [5, 5.41) is 0. The highest BCUT2D eigenvalue weighted by Gasteiger charge is 2.12. The van der Waals surface area contributed by atoms with Crippen molar-refractivity contribution in [2.24, 2.45) is 0 Å². The highest BCUT2D eigenvalue weighted by molar-refractivity contribution is 9.11. The van der Waals surface area contributed by atoms with Gasteiger partial charge < -0.3 is 0 Å². The first-order valence-corrected chi connectivity index (χ1v) is 4.93. The molecule has 0 spiro atoms. The van der Waals surface area contributed by atoms with Crippen LogP contribution in [-0.4, -0.2) is 0 Å². The molecule has 0 saturated heterocycles. The quantitative estimate of drug-likeness (QED) is 0.630. The summed E-state index contributed by atoms with van der Waals surface area (Å²) in [5.41, 5.74) is 5.67. The van der Waals surface area contributed by atoms with Crippen molar-refractivity contribution < 1.29 is 0 Å². The predicted octanol–water partition coefficient (Wildman–Crippen LogP) is 3.60. The maximum atomic E-state index is 3.54. The largest absolute Gasteiger partial charge is 0.0587 e. The van der Waals surface area contributed by atoms with Crippen LogP contribution >= 0.6 is 15.9 Å². The van der Waals surface area contributed by atoms with Crippen molar-refractivity contribution in [2.45, 2.75) is 20.3 Å². The molecule has 0 bridgehead atoms. The van der Waals surface area contributed by atoms with Crippen LogP contribution in [0.1, 0.15) is 22.3 Å². The van der Waals surface area contributed by atoms with Crippen molar-refractivity contribution in [2.75, 3.05) is 0 Å². The molecule has 0 unspecified atom stereocenters. The van der Waals surface area contributed by atoms with E-state index in [0.717, 1.165) is 6.42 Å². The van der Waals surface area contributed by atoms with E-state index in [1.54, 1.807) is 0 Å². The van der Waals surface area contributed by atoms with E-state index in [1.807, 2.05) is 0 Å². The van der Waals surface area contributed by atoms with Crippen LogP contribution in [0.4, 0.5) is 0 Å². The van der Waals surface area contributed by atoms with Crippen LogP contribution in [-0.2, 0) is 6.42 Å². The minimum absolute atomic E-state index is 1.07. The number of rotatable bonds is 0. The molecule has 1 aromatic rings. The molecule has 0 fully saturated rings. The molecule has 0 aliphatic heterocycles. The van der Waals surface area contributed by atoms with E-state index < -0.39 is 0 Å². The second-order valence-electron chi connectivity index (χ2n) is 3.35. The second-order valence-corrected chi connectivity index (χ2v) is 4.37. The SMILES string of the molecule is Cc1ccc2c(c1C)C=C(Br)C2. The van der Waals surface area contributed by atoms with Crippen molar-refractivity contribution >= 4 is 22.0 Å². The van der Waals surface area contributed by atoms with Gasteiger partial charge in [-0.15, -0.1) is 0 Å². The lowest BCUT2D eigenvalue weighted by Gasteiger charge is -2.05. The molecule has 2 rings (SSSR count). The fraction of sp³-hybridized carbons (Fsp3) is 0.273. The van der Waals surface area contributed by atoms with E-state index >= 15 is 0 Å². The van der Waals surface area contributed by atoms with E-state index in [9.17, 15) is 0 Å². The van der Waals surface area contributed by atoms with Gasteiger partial charge in [0.1, 0.15) is 0 Å². The number of aryl methyl sites for hydroxylation is 1. The van der Waals surface area contributed by atoms with Crippen LogP contribution in [0.2, 0.25) is 0 Å². The fourth-order valence-electron chi connectivity index (χ4n) is 1.64. The molecule has 0 N–H and O–H groups in total. The molecule has 1 heteroatoms. The van der Waals surface area contributed by atoms with Crippen LogP contribution in [0.25, 0.3) is 6.08 Å². The van der Waals surface area contributed by atoms with Crippen LogP contribution in [0.5, 0.6) is 0 Å². The lowest BCUT2D eigenvalue weighted by molar-refractivity contribution is 1.24. The maximum absolute atomic E-state index is 3.54. The zero-order chi connectivity index (χ0) is 8.72. The number of hydrogen-bond donors (Lipinski definition) is 0. The van der Waals surface area contributed by atoms with Crippen LogP contribution < -0.4 is 0 Å². The average molecular weight is 223 g/mol. The zero-order valence-corrected chi connectivity index (χ0v) is 8.90. The van der Waals surface area contributed by atoms with Gasteiger partial charge in [0.05, 0.1) is 0 Å². The van der Waals surface area contributed by atoms with Gasteiger partial charge in [0, 0.05) is 10.9 Å². The Morgan fingerprint density at radius 2 is 2.00 bits per heavy atom. The third-order valence-electron chi connectivity index (χ3n) is 2.54. The molecule has 0 radical (unpaired) electrons. The van der Waals surface area contributed by atoms with Gasteiger partial charge in [-0.25, -0.2) is 0 Å². The van der Waals surface area contributed by atoms with E-state index in [4.69, 9.17) is 0 Å². The van der Waals surface area contributed by atoms with Crippen molar-refractivity contribution in [3.8, 4) is 0 Å². The number of allylic oxidation sites excluding steroid dienone is 1. The predicted molar refractivity (Wildman–Crippen MR) is 56.5 cm³/mol. The molecule has 12 heavy (non-hydrogen) atoms. The number of halogens is 1. The molecule has 0 heterocycles. The van der Waals surface area contributed by atoms with E-state index in [2.05, 4.69) is 48.0 Å². The fourth-order valence-corrected chi connectivity index (χ4v) is 2.17. The van der Waals surface area contributed by atoms with Gasteiger partial charge in [0.2, 0.25) is 0 Å². The standard InChI is InChI=1S/C11H11Br/c1-7-3-4-9-5-10(12)6-11(9)8(7)2/h3-4,6H,5H2,1-2H3. The Labute approximate surface area is 81.4 Å². The number of benzene rings is 1. The summed E-state index contributed by atoms with van der Waals surface area (Å²) in [6.07, 6.45) is 3.30. The molecule has 0 atom stereocenters. The molecule has 0 aromatic heterocycles. The van der Waals surface area contributed by atoms with Crippen molar-refractivity contribution in [1.82, 2.24) is 0 Å². The molecular formula is C11H11Br. The van der Waals surface area contributed by atoms with Gasteiger partial charge in [0.15, 0.2) is 0 Å². The Bertz CT molecular complexity index is 362. The molecule has 1 aliphatic rings. The first kappa shape index (κ1) is 8.06. The smallest absolute Gasteiger partial charge is 0.00469 e. The number of fused-ring (bicyclic) bond motifs is 1. The molecule has 62 valence electrons. The van der Waals surface area contributed by atoms with E-state index in [-0.39, 0.29) is 0 Å². The third kappa shape index (κ3) is 1.13. The van der Waals surface area contributed by atoms with Crippen molar-refractivity contribution in [1.29, 1.82) is 0 Å². The van der Waals surface area contributed by atoms with Gasteiger partial charge in [-0.05, 0) is 42.2 Å². The minimum Gasteiger partial charge on any atom is -0.0587 e. The second kappa shape index (κ2) is 2.74. The maximum Gasteiger partial charge on any atom is 0.00469 e. The Morgan fingerprint density at radius 3 is 2.75 bits per heavy atom. The molecule has 0 saturated carbocycles. The van der Waals surface area contributed by atoms with E-state index in [0.29, 0.717) is 0 Å². The third-order valence-corrected chi connectivity index (χ3v) is 3.05. The normalized spacial score (nSPS) is 14.4. The Balaban J connectivity index is 2.65. The van der Waals surface area contributed by atoms with Crippen LogP contribution in [0.15, 0.2) is 16.6 Å². The zero-order valence-electron chi connectivity index (χ0n) is 7.32. The Hall–Kier alpha value is -0.560. The van der Waals surface area contributed by atoms with Crippen LogP contribution in [0, 0.1) is 13.8 Å². The molecule has 0 nitrogen and oxygen atoms in total. The van der Waals surface area contributed by atoms with Crippen LogP contribution in [0.3, 0.4) is 0 Å². The van der Waals surface area contributed by atoms with Gasteiger partial charge >= 0.3 is 0 Å². The topological polar surface area (TPSA) is 0 Å². The summed E-state index contributed by atoms with van der Waals surface area (Å²) in [4.78, 5) is 0. The molecule has 1 aromatic carbocycles.